The van der Waals surface area contributed by atoms with Crippen molar-refractivity contribution in [2.75, 3.05) is 27.2 Å². The van der Waals surface area contributed by atoms with E-state index in [1.165, 1.54) is 5.56 Å². The Morgan fingerprint density at radius 3 is 2.62 bits per heavy atom. The third kappa shape index (κ3) is 3.65. The second-order valence-electron chi connectivity index (χ2n) is 3.87. The van der Waals surface area contributed by atoms with E-state index in [-0.39, 0.29) is 6.04 Å². The Labute approximate surface area is 97.7 Å². The molecule has 0 heterocycles. The molecule has 1 unspecified atom stereocenters. The fourth-order valence-corrected chi connectivity index (χ4v) is 1.73. The standard InChI is InChI=1S/C13H19N3/c1-15-10-11-16(2)13(8-9-14)12-6-4-3-5-7-12/h3-7,13,15H,8,10-11H2,1-2H3. The van der Waals surface area contributed by atoms with E-state index in [2.05, 4.69) is 35.5 Å². The summed E-state index contributed by atoms with van der Waals surface area (Å²) >= 11 is 0. The SMILES string of the molecule is CNCCN(C)C(CC#N)c1ccccc1. The predicted octanol–water partition coefficient (Wildman–Crippen LogP) is 1.79. The molecule has 0 aliphatic carbocycles. The summed E-state index contributed by atoms with van der Waals surface area (Å²) in [7, 11) is 4.00. The highest BCUT2D eigenvalue weighted by Gasteiger charge is 2.15. The van der Waals surface area contributed by atoms with Crippen molar-refractivity contribution in [2.45, 2.75) is 12.5 Å². The quantitative estimate of drug-likeness (QED) is 0.789. The van der Waals surface area contributed by atoms with E-state index in [0.717, 1.165) is 13.1 Å². The number of nitrogens with zero attached hydrogens (tertiary/aromatic N) is 2. The van der Waals surface area contributed by atoms with E-state index < -0.39 is 0 Å². The van der Waals surface area contributed by atoms with Gasteiger partial charge in [-0.05, 0) is 19.7 Å². The number of benzene rings is 1. The molecule has 1 rings (SSSR count). The average Bonchev–Trinajstić information content (AvgIpc) is 2.34. The molecule has 1 aromatic carbocycles. The molecule has 0 bridgehead atoms. The van der Waals surface area contributed by atoms with Crippen LogP contribution in [-0.4, -0.2) is 32.1 Å². The fourth-order valence-electron chi connectivity index (χ4n) is 1.73. The second-order valence-corrected chi connectivity index (χ2v) is 3.87. The van der Waals surface area contributed by atoms with Gasteiger partial charge in [0.1, 0.15) is 0 Å². The molecule has 1 N–H and O–H groups in total. The third-order valence-electron chi connectivity index (χ3n) is 2.72. The van der Waals surface area contributed by atoms with Crippen LogP contribution < -0.4 is 5.32 Å². The van der Waals surface area contributed by atoms with E-state index in [9.17, 15) is 0 Å². The van der Waals surface area contributed by atoms with Crippen LogP contribution in [0.15, 0.2) is 30.3 Å². The lowest BCUT2D eigenvalue weighted by molar-refractivity contribution is 0.249. The van der Waals surface area contributed by atoms with Gasteiger partial charge in [0.05, 0.1) is 12.5 Å². The molecule has 3 heteroatoms. The summed E-state index contributed by atoms with van der Waals surface area (Å²) in [6.07, 6.45) is 0.532. The van der Waals surface area contributed by atoms with Gasteiger partial charge in [-0.3, -0.25) is 4.90 Å². The molecular formula is C13H19N3. The highest BCUT2D eigenvalue weighted by atomic mass is 15.1. The van der Waals surface area contributed by atoms with Gasteiger partial charge >= 0.3 is 0 Å². The van der Waals surface area contributed by atoms with Crippen LogP contribution in [-0.2, 0) is 0 Å². The maximum absolute atomic E-state index is 8.88. The van der Waals surface area contributed by atoms with E-state index in [0.29, 0.717) is 6.42 Å². The van der Waals surface area contributed by atoms with Crippen molar-refractivity contribution >= 4 is 0 Å². The molecule has 0 aliphatic rings. The van der Waals surface area contributed by atoms with Crippen LogP contribution >= 0.6 is 0 Å². The zero-order chi connectivity index (χ0) is 11.8. The van der Waals surface area contributed by atoms with Crippen molar-refractivity contribution < 1.29 is 0 Å². The number of nitrogens with one attached hydrogen (secondary N) is 1. The maximum atomic E-state index is 8.88. The van der Waals surface area contributed by atoms with Gasteiger partial charge in [-0.1, -0.05) is 30.3 Å². The first kappa shape index (κ1) is 12.7. The van der Waals surface area contributed by atoms with Crippen LogP contribution in [0.2, 0.25) is 0 Å². The van der Waals surface area contributed by atoms with Crippen LogP contribution in [0.3, 0.4) is 0 Å². The van der Waals surface area contributed by atoms with Gasteiger partial charge in [-0.15, -0.1) is 0 Å². The number of nitriles is 1. The van der Waals surface area contributed by atoms with E-state index >= 15 is 0 Å². The highest BCUT2D eigenvalue weighted by molar-refractivity contribution is 5.20. The molecular weight excluding hydrogens is 198 g/mol. The van der Waals surface area contributed by atoms with E-state index in [1.807, 2.05) is 25.2 Å². The van der Waals surface area contributed by atoms with Crippen LogP contribution in [0.1, 0.15) is 18.0 Å². The Morgan fingerprint density at radius 2 is 2.06 bits per heavy atom. The third-order valence-corrected chi connectivity index (χ3v) is 2.72. The van der Waals surface area contributed by atoms with Crippen LogP contribution in [0, 0.1) is 11.3 Å². The maximum Gasteiger partial charge on any atom is 0.0641 e. The molecule has 1 atom stereocenters. The van der Waals surface area contributed by atoms with Gasteiger partial charge in [-0.25, -0.2) is 0 Å². The Kier molecular flexibility index (Phi) is 5.55. The first-order chi connectivity index (χ1) is 7.79. The molecule has 16 heavy (non-hydrogen) atoms. The topological polar surface area (TPSA) is 39.1 Å². The minimum atomic E-state index is 0.194. The molecule has 1 aromatic rings. The molecule has 0 spiro atoms. The largest absolute Gasteiger partial charge is 0.318 e. The number of hydrogen-bond donors (Lipinski definition) is 1. The zero-order valence-electron chi connectivity index (χ0n) is 9.98. The van der Waals surface area contributed by atoms with Crippen molar-refractivity contribution in [3.63, 3.8) is 0 Å². The van der Waals surface area contributed by atoms with Crippen LogP contribution in [0.4, 0.5) is 0 Å². The molecule has 0 saturated carbocycles. The summed E-state index contributed by atoms with van der Waals surface area (Å²) in [4.78, 5) is 2.22. The summed E-state index contributed by atoms with van der Waals surface area (Å²) < 4.78 is 0. The van der Waals surface area contributed by atoms with Gasteiger partial charge in [-0.2, -0.15) is 5.26 Å². The summed E-state index contributed by atoms with van der Waals surface area (Å²) in [5.41, 5.74) is 1.21. The van der Waals surface area contributed by atoms with Crippen molar-refractivity contribution in [1.29, 1.82) is 5.26 Å². The minimum Gasteiger partial charge on any atom is -0.318 e. The van der Waals surface area contributed by atoms with Gasteiger partial charge < -0.3 is 5.32 Å². The summed E-state index contributed by atoms with van der Waals surface area (Å²) in [5.74, 6) is 0. The van der Waals surface area contributed by atoms with E-state index in [4.69, 9.17) is 5.26 Å². The molecule has 0 saturated heterocycles. The summed E-state index contributed by atoms with van der Waals surface area (Å²) in [6.45, 7) is 1.88. The second kappa shape index (κ2) is 7.00. The van der Waals surface area contributed by atoms with E-state index in [1.54, 1.807) is 0 Å². The Bertz CT molecular complexity index is 329. The molecule has 0 aromatic heterocycles. The van der Waals surface area contributed by atoms with Gasteiger partial charge in [0.2, 0.25) is 0 Å². The Balaban J connectivity index is 2.71. The molecule has 0 aliphatic heterocycles. The van der Waals surface area contributed by atoms with Crippen molar-refractivity contribution in [2.24, 2.45) is 0 Å². The minimum absolute atomic E-state index is 0.194. The lowest BCUT2D eigenvalue weighted by Crippen LogP contribution is -2.31. The molecule has 3 nitrogen and oxygen atoms in total. The lowest BCUT2D eigenvalue weighted by Gasteiger charge is -2.26. The van der Waals surface area contributed by atoms with Gasteiger partial charge in [0.25, 0.3) is 0 Å². The Morgan fingerprint density at radius 1 is 1.38 bits per heavy atom. The highest BCUT2D eigenvalue weighted by Crippen LogP contribution is 2.21. The smallest absolute Gasteiger partial charge is 0.0641 e. The summed E-state index contributed by atoms with van der Waals surface area (Å²) in [5, 5.41) is 12.0. The number of rotatable bonds is 6. The molecule has 0 radical (unpaired) electrons. The molecule has 86 valence electrons. The number of likely N-dealkylation sites (N-methyl/N-ethyl adjacent to an activating group) is 2. The van der Waals surface area contributed by atoms with Crippen molar-refractivity contribution in [3.8, 4) is 6.07 Å². The predicted molar refractivity (Wildman–Crippen MR) is 66.0 cm³/mol. The van der Waals surface area contributed by atoms with Gasteiger partial charge in [0, 0.05) is 19.1 Å². The van der Waals surface area contributed by atoms with Gasteiger partial charge in [0.15, 0.2) is 0 Å². The fraction of sp³-hybridized carbons (Fsp3) is 0.462. The Hall–Kier alpha value is -1.37. The zero-order valence-corrected chi connectivity index (χ0v) is 9.98. The van der Waals surface area contributed by atoms with Crippen LogP contribution in [0.25, 0.3) is 0 Å². The monoisotopic (exact) mass is 217 g/mol. The summed E-state index contributed by atoms with van der Waals surface area (Å²) in [6, 6.07) is 12.7. The number of hydrogen-bond acceptors (Lipinski definition) is 3. The van der Waals surface area contributed by atoms with Crippen LogP contribution in [0.5, 0.6) is 0 Å². The van der Waals surface area contributed by atoms with Crippen molar-refractivity contribution in [3.05, 3.63) is 35.9 Å². The normalized spacial score (nSPS) is 12.4. The average molecular weight is 217 g/mol. The first-order valence-corrected chi connectivity index (χ1v) is 5.56. The lowest BCUT2D eigenvalue weighted by atomic mass is 10.0. The molecule has 0 fully saturated rings. The van der Waals surface area contributed by atoms with Crippen molar-refractivity contribution in [1.82, 2.24) is 10.2 Å². The molecule has 0 amide bonds. The first-order valence-electron chi connectivity index (χ1n) is 5.56.